The highest BCUT2D eigenvalue weighted by Crippen LogP contribution is 2.21. The number of Topliss-reactive ketones (excluding diaryl/α,β-unsaturated/α-hetero) is 1. The van der Waals surface area contributed by atoms with Gasteiger partial charge in [0, 0.05) is 25.0 Å². The molecule has 164 valence electrons. The van der Waals surface area contributed by atoms with Gasteiger partial charge >= 0.3 is 0 Å². The Hall–Kier alpha value is -2.60. The van der Waals surface area contributed by atoms with Crippen molar-refractivity contribution in [1.82, 2.24) is 20.5 Å². The zero-order valence-corrected chi connectivity index (χ0v) is 17.2. The van der Waals surface area contributed by atoms with Crippen molar-refractivity contribution in [3.63, 3.8) is 0 Å². The number of alkyl halides is 1. The molecule has 2 aliphatic heterocycles. The van der Waals surface area contributed by atoms with Crippen LogP contribution in [0.5, 0.6) is 0 Å². The van der Waals surface area contributed by atoms with Gasteiger partial charge in [-0.1, -0.05) is 0 Å². The van der Waals surface area contributed by atoms with Crippen LogP contribution in [-0.4, -0.2) is 92.0 Å². The van der Waals surface area contributed by atoms with Gasteiger partial charge in [0.2, 0.25) is 11.8 Å². The van der Waals surface area contributed by atoms with E-state index in [1.807, 2.05) is 4.90 Å². The Morgan fingerprint density at radius 1 is 1.17 bits per heavy atom. The maximum absolute atomic E-state index is 12.5. The van der Waals surface area contributed by atoms with Crippen molar-refractivity contribution < 1.29 is 28.3 Å². The molecule has 2 fully saturated rings. The SMILES string of the molecule is O=C(CF)CNC(=O)C1CCCN1C(=O)CNC(=O)c1csc(N2CCOCC2)n1. The number of anilines is 1. The van der Waals surface area contributed by atoms with Crippen LogP contribution in [0.2, 0.25) is 0 Å². The number of carbonyl (C=O) groups is 4. The molecule has 0 bridgehead atoms. The predicted molar refractivity (Wildman–Crippen MR) is 106 cm³/mol. The zero-order chi connectivity index (χ0) is 21.5. The highest BCUT2D eigenvalue weighted by Gasteiger charge is 2.34. The zero-order valence-electron chi connectivity index (χ0n) is 16.4. The number of nitrogens with zero attached hydrogens (tertiary/aromatic N) is 3. The summed E-state index contributed by atoms with van der Waals surface area (Å²) < 4.78 is 17.5. The lowest BCUT2D eigenvalue weighted by atomic mass is 10.2. The Balaban J connectivity index is 1.49. The Morgan fingerprint density at radius 3 is 2.67 bits per heavy atom. The number of rotatable bonds is 8. The third kappa shape index (κ3) is 5.51. The number of nitrogens with one attached hydrogen (secondary N) is 2. The van der Waals surface area contributed by atoms with E-state index in [4.69, 9.17) is 4.74 Å². The van der Waals surface area contributed by atoms with Crippen molar-refractivity contribution in [2.45, 2.75) is 18.9 Å². The molecule has 30 heavy (non-hydrogen) atoms. The molecule has 0 saturated carbocycles. The van der Waals surface area contributed by atoms with E-state index in [9.17, 15) is 23.6 Å². The fourth-order valence-corrected chi connectivity index (χ4v) is 4.16. The third-order valence-corrected chi connectivity index (χ3v) is 5.79. The number of aromatic nitrogens is 1. The van der Waals surface area contributed by atoms with Gasteiger partial charge in [-0.15, -0.1) is 11.3 Å². The molecular formula is C18H24FN5O5S. The first-order valence-corrected chi connectivity index (χ1v) is 10.6. The number of morpholine rings is 1. The number of ether oxygens (including phenoxy) is 1. The first-order chi connectivity index (χ1) is 14.5. The second kappa shape index (κ2) is 10.4. The molecule has 2 saturated heterocycles. The molecule has 1 aromatic rings. The van der Waals surface area contributed by atoms with Crippen molar-refractivity contribution >= 4 is 40.0 Å². The highest BCUT2D eigenvalue weighted by atomic mass is 32.1. The van der Waals surface area contributed by atoms with Crippen LogP contribution in [0.3, 0.4) is 0 Å². The van der Waals surface area contributed by atoms with Gasteiger partial charge in [0.25, 0.3) is 5.91 Å². The summed E-state index contributed by atoms with van der Waals surface area (Å²) in [6.45, 7) is 1.20. The molecule has 0 spiro atoms. The van der Waals surface area contributed by atoms with Crippen LogP contribution >= 0.6 is 11.3 Å². The summed E-state index contributed by atoms with van der Waals surface area (Å²) in [5.74, 6) is -2.09. The molecule has 3 amide bonds. The standard InChI is InChI=1S/C18H24FN5O5S/c19-8-12(25)9-20-17(28)14-2-1-3-24(14)15(26)10-21-16(27)13-11-30-18(22-13)23-4-6-29-7-5-23/h11,14H,1-10H2,(H,20,28)(H,21,27). The lowest BCUT2D eigenvalue weighted by Crippen LogP contribution is -2.49. The topological polar surface area (TPSA) is 121 Å². The van der Waals surface area contributed by atoms with Crippen molar-refractivity contribution in [2.24, 2.45) is 0 Å². The fraction of sp³-hybridized carbons (Fsp3) is 0.611. The Labute approximate surface area is 176 Å². The molecule has 2 N–H and O–H groups in total. The number of carbonyl (C=O) groups excluding carboxylic acids is 4. The molecule has 0 aromatic carbocycles. The number of halogens is 1. The lowest BCUT2D eigenvalue weighted by molar-refractivity contribution is -0.138. The first-order valence-electron chi connectivity index (χ1n) is 9.71. The maximum atomic E-state index is 12.5. The number of amides is 3. The van der Waals surface area contributed by atoms with Gasteiger partial charge in [-0.25, -0.2) is 9.37 Å². The Bertz CT molecular complexity index is 798. The molecule has 10 nitrogen and oxygen atoms in total. The average molecular weight is 441 g/mol. The Morgan fingerprint density at radius 2 is 1.93 bits per heavy atom. The minimum atomic E-state index is -1.15. The van der Waals surface area contributed by atoms with Gasteiger partial charge in [-0.3, -0.25) is 19.2 Å². The molecule has 0 aliphatic carbocycles. The summed E-state index contributed by atoms with van der Waals surface area (Å²) in [7, 11) is 0. The molecule has 1 unspecified atom stereocenters. The van der Waals surface area contributed by atoms with E-state index in [0.29, 0.717) is 45.7 Å². The number of thiazole rings is 1. The molecule has 3 heterocycles. The van der Waals surface area contributed by atoms with Gasteiger partial charge < -0.3 is 25.2 Å². The highest BCUT2D eigenvalue weighted by molar-refractivity contribution is 7.13. The lowest BCUT2D eigenvalue weighted by Gasteiger charge is -2.26. The van der Waals surface area contributed by atoms with Gasteiger partial charge in [0.15, 0.2) is 10.9 Å². The van der Waals surface area contributed by atoms with Crippen LogP contribution in [0, 0.1) is 0 Å². The summed E-state index contributed by atoms with van der Waals surface area (Å²) in [6, 6.07) is -0.728. The molecule has 3 rings (SSSR count). The van der Waals surface area contributed by atoms with Gasteiger partial charge in [0.05, 0.1) is 26.3 Å². The van der Waals surface area contributed by atoms with Gasteiger partial charge in [-0.2, -0.15) is 0 Å². The number of hydrogen-bond donors (Lipinski definition) is 2. The monoisotopic (exact) mass is 441 g/mol. The number of ketones is 1. The van der Waals surface area contributed by atoms with E-state index in [1.165, 1.54) is 16.2 Å². The van der Waals surface area contributed by atoms with Crippen LogP contribution in [0.25, 0.3) is 0 Å². The second-order valence-corrected chi connectivity index (χ2v) is 7.77. The summed E-state index contributed by atoms with van der Waals surface area (Å²) in [4.78, 5) is 55.8. The molecular weight excluding hydrogens is 417 g/mol. The van der Waals surface area contributed by atoms with Gasteiger partial charge in [0.1, 0.15) is 18.4 Å². The summed E-state index contributed by atoms with van der Waals surface area (Å²) in [5, 5.41) is 7.27. The fourth-order valence-electron chi connectivity index (χ4n) is 3.30. The minimum Gasteiger partial charge on any atom is -0.378 e. The van der Waals surface area contributed by atoms with Crippen molar-refractivity contribution in [3.8, 4) is 0 Å². The largest absolute Gasteiger partial charge is 0.378 e. The van der Waals surface area contributed by atoms with Crippen molar-refractivity contribution in [2.75, 3.05) is 57.5 Å². The summed E-state index contributed by atoms with van der Waals surface area (Å²) in [5.41, 5.74) is 0.231. The van der Waals surface area contributed by atoms with Crippen LogP contribution in [0.15, 0.2) is 5.38 Å². The minimum absolute atomic E-state index is 0.231. The van der Waals surface area contributed by atoms with Crippen molar-refractivity contribution in [3.05, 3.63) is 11.1 Å². The van der Waals surface area contributed by atoms with Crippen LogP contribution in [-0.2, 0) is 19.1 Å². The maximum Gasteiger partial charge on any atom is 0.271 e. The van der Waals surface area contributed by atoms with E-state index in [2.05, 4.69) is 15.6 Å². The quantitative estimate of drug-likeness (QED) is 0.550. The second-order valence-electron chi connectivity index (χ2n) is 6.93. The van der Waals surface area contributed by atoms with E-state index in [-0.39, 0.29) is 12.2 Å². The molecule has 0 radical (unpaired) electrons. The van der Waals surface area contributed by atoms with E-state index >= 15 is 0 Å². The molecule has 1 aromatic heterocycles. The van der Waals surface area contributed by atoms with E-state index < -0.39 is 42.8 Å². The summed E-state index contributed by atoms with van der Waals surface area (Å²) >= 11 is 1.35. The molecule has 1 atom stereocenters. The van der Waals surface area contributed by atoms with E-state index in [1.54, 1.807) is 5.38 Å². The smallest absolute Gasteiger partial charge is 0.271 e. The normalized spacial score (nSPS) is 18.9. The third-order valence-electron chi connectivity index (χ3n) is 4.89. The van der Waals surface area contributed by atoms with Crippen LogP contribution in [0.4, 0.5) is 9.52 Å². The van der Waals surface area contributed by atoms with Gasteiger partial charge in [-0.05, 0) is 12.8 Å². The summed E-state index contributed by atoms with van der Waals surface area (Å²) in [6.07, 6.45) is 1.08. The van der Waals surface area contributed by atoms with E-state index in [0.717, 1.165) is 5.13 Å². The first kappa shape index (κ1) is 22.1. The predicted octanol–water partition coefficient (Wildman–Crippen LogP) is -0.645. The number of hydrogen-bond acceptors (Lipinski definition) is 8. The van der Waals surface area contributed by atoms with Crippen LogP contribution in [0.1, 0.15) is 23.3 Å². The number of likely N-dealkylation sites (tertiary alicyclic amines) is 1. The van der Waals surface area contributed by atoms with Crippen LogP contribution < -0.4 is 15.5 Å². The average Bonchev–Trinajstić information content (AvgIpc) is 3.46. The van der Waals surface area contributed by atoms with Crippen molar-refractivity contribution in [1.29, 1.82) is 0 Å². The molecule has 2 aliphatic rings. The Kier molecular flexibility index (Phi) is 7.69. The molecule has 12 heteroatoms.